The van der Waals surface area contributed by atoms with Gasteiger partial charge in [0.15, 0.2) is 11.6 Å². The molecule has 0 radical (unpaired) electrons. The lowest BCUT2D eigenvalue weighted by Gasteiger charge is -2.16. The lowest BCUT2D eigenvalue weighted by atomic mass is 9.94. The van der Waals surface area contributed by atoms with E-state index < -0.39 is 11.4 Å². The fourth-order valence-corrected chi connectivity index (χ4v) is 2.12. The van der Waals surface area contributed by atoms with Gasteiger partial charge < -0.3 is 9.84 Å². The average molecular weight is 298 g/mol. The SMILES string of the molecule is COc1cc(C(=O)C(C)(C)O)ccc1C(=O)c1ccccc1. The first-order valence-electron chi connectivity index (χ1n) is 6.89. The molecule has 2 rings (SSSR count). The summed E-state index contributed by atoms with van der Waals surface area (Å²) in [5.41, 5.74) is -0.256. The van der Waals surface area contributed by atoms with Gasteiger partial charge in [0, 0.05) is 11.1 Å². The van der Waals surface area contributed by atoms with Crippen LogP contribution < -0.4 is 4.74 Å². The molecule has 0 aromatic heterocycles. The Hall–Kier alpha value is -2.46. The van der Waals surface area contributed by atoms with Gasteiger partial charge in [0.1, 0.15) is 11.4 Å². The van der Waals surface area contributed by atoms with E-state index in [-0.39, 0.29) is 5.78 Å². The molecule has 0 fully saturated rings. The maximum Gasteiger partial charge on any atom is 0.196 e. The Morgan fingerprint density at radius 3 is 2.18 bits per heavy atom. The topological polar surface area (TPSA) is 63.6 Å². The Balaban J connectivity index is 2.43. The summed E-state index contributed by atoms with van der Waals surface area (Å²) < 4.78 is 5.24. The quantitative estimate of drug-likeness (QED) is 0.862. The van der Waals surface area contributed by atoms with Crippen LogP contribution in [-0.4, -0.2) is 29.4 Å². The van der Waals surface area contributed by atoms with Crippen LogP contribution in [0.15, 0.2) is 48.5 Å². The third-order valence-corrected chi connectivity index (χ3v) is 3.30. The highest BCUT2D eigenvalue weighted by Gasteiger charge is 2.26. The molecule has 0 bridgehead atoms. The van der Waals surface area contributed by atoms with Crippen molar-refractivity contribution in [3.63, 3.8) is 0 Å². The van der Waals surface area contributed by atoms with Crippen LogP contribution in [0.25, 0.3) is 0 Å². The van der Waals surface area contributed by atoms with Gasteiger partial charge >= 0.3 is 0 Å². The van der Waals surface area contributed by atoms with E-state index in [0.29, 0.717) is 22.4 Å². The van der Waals surface area contributed by atoms with Crippen LogP contribution in [0.2, 0.25) is 0 Å². The van der Waals surface area contributed by atoms with Crippen LogP contribution in [0, 0.1) is 0 Å². The number of benzene rings is 2. The predicted molar refractivity (Wildman–Crippen MR) is 83.5 cm³/mol. The van der Waals surface area contributed by atoms with Gasteiger partial charge in [-0.1, -0.05) is 36.4 Å². The molecule has 0 aliphatic heterocycles. The van der Waals surface area contributed by atoms with Crippen LogP contribution in [-0.2, 0) is 0 Å². The molecular formula is C18H18O4. The van der Waals surface area contributed by atoms with E-state index in [1.54, 1.807) is 30.3 Å². The molecule has 0 atom stereocenters. The Kier molecular flexibility index (Phi) is 4.43. The number of Topliss-reactive ketones (excluding diaryl/α,β-unsaturated/α-hetero) is 1. The molecule has 2 aromatic carbocycles. The van der Waals surface area contributed by atoms with Gasteiger partial charge in [0.25, 0.3) is 0 Å². The molecule has 0 amide bonds. The minimum absolute atomic E-state index is 0.181. The Bertz CT molecular complexity index is 697. The fraction of sp³-hybridized carbons (Fsp3) is 0.222. The summed E-state index contributed by atoms with van der Waals surface area (Å²) in [6.45, 7) is 2.84. The molecule has 4 nitrogen and oxygen atoms in total. The maximum atomic E-state index is 12.5. The van der Waals surface area contributed by atoms with Gasteiger partial charge in [0.2, 0.25) is 0 Å². The smallest absolute Gasteiger partial charge is 0.196 e. The van der Waals surface area contributed by atoms with Crippen molar-refractivity contribution < 1.29 is 19.4 Å². The summed E-state index contributed by atoms with van der Waals surface area (Å²) >= 11 is 0. The van der Waals surface area contributed by atoms with Gasteiger partial charge in [-0.05, 0) is 26.0 Å². The molecule has 0 saturated carbocycles. The number of carbonyl (C=O) groups excluding carboxylic acids is 2. The van der Waals surface area contributed by atoms with E-state index in [9.17, 15) is 14.7 Å². The zero-order valence-corrected chi connectivity index (χ0v) is 12.8. The zero-order chi connectivity index (χ0) is 16.3. The molecular weight excluding hydrogens is 280 g/mol. The van der Waals surface area contributed by atoms with Crippen LogP contribution in [0.3, 0.4) is 0 Å². The van der Waals surface area contributed by atoms with E-state index in [0.717, 1.165) is 0 Å². The van der Waals surface area contributed by atoms with Crippen LogP contribution >= 0.6 is 0 Å². The summed E-state index contributed by atoms with van der Waals surface area (Å²) in [5.74, 6) is -0.298. The third kappa shape index (κ3) is 3.23. The van der Waals surface area contributed by atoms with Crippen molar-refractivity contribution in [1.29, 1.82) is 0 Å². The molecule has 0 heterocycles. The van der Waals surface area contributed by atoms with Crippen molar-refractivity contribution in [3.05, 3.63) is 65.2 Å². The molecule has 114 valence electrons. The van der Waals surface area contributed by atoms with Crippen molar-refractivity contribution in [3.8, 4) is 5.75 Å². The summed E-state index contributed by atoms with van der Waals surface area (Å²) in [4.78, 5) is 24.6. The molecule has 22 heavy (non-hydrogen) atoms. The minimum atomic E-state index is -1.48. The van der Waals surface area contributed by atoms with Gasteiger partial charge in [-0.2, -0.15) is 0 Å². The highest BCUT2D eigenvalue weighted by molar-refractivity contribution is 6.11. The number of hydrogen-bond donors (Lipinski definition) is 1. The molecule has 2 aromatic rings. The van der Waals surface area contributed by atoms with Crippen molar-refractivity contribution in [1.82, 2.24) is 0 Å². The number of ether oxygens (including phenoxy) is 1. The fourth-order valence-electron chi connectivity index (χ4n) is 2.12. The Labute approximate surface area is 129 Å². The number of hydrogen-bond acceptors (Lipinski definition) is 4. The van der Waals surface area contributed by atoms with E-state index >= 15 is 0 Å². The van der Waals surface area contributed by atoms with E-state index in [1.807, 2.05) is 6.07 Å². The highest BCUT2D eigenvalue weighted by atomic mass is 16.5. The molecule has 4 heteroatoms. The molecule has 1 N–H and O–H groups in total. The van der Waals surface area contributed by atoms with Gasteiger partial charge in [-0.25, -0.2) is 0 Å². The first-order chi connectivity index (χ1) is 10.3. The maximum absolute atomic E-state index is 12.5. The summed E-state index contributed by atoms with van der Waals surface area (Å²) in [6.07, 6.45) is 0. The summed E-state index contributed by atoms with van der Waals surface area (Å²) in [7, 11) is 1.44. The minimum Gasteiger partial charge on any atom is -0.496 e. The number of carbonyl (C=O) groups is 2. The van der Waals surface area contributed by atoms with E-state index in [2.05, 4.69) is 0 Å². The highest BCUT2D eigenvalue weighted by Crippen LogP contribution is 2.25. The van der Waals surface area contributed by atoms with Gasteiger partial charge in [-0.3, -0.25) is 9.59 Å². The second-order valence-corrected chi connectivity index (χ2v) is 5.50. The van der Waals surface area contributed by atoms with Crippen LogP contribution in [0.4, 0.5) is 0 Å². The number of methoxy groups -OCH3 is 1. The normalized spacial score (nSPS) is 11.1. The van der Waals surface area contributed by atoms with E-state index in [1.165, 1.54) is 33.1 Å². The first-order valence-corrected chi connectivity index (χ1v) is 6.89. The third-order valence-electron chi connectivity index (χ3n) is 3.30. The van der Waals surface area contributed by atoms with Crippen LogP contribution in [0.1, 0.15) is 40.1 Å². The van der Waals surface area contributed by atoms with Crippen molar-refractivity contribution in [2.45, 2.75) is 19.4 Å². The average Bonchev–Trinajstić information content (AvgIpc) is 2.52. The van der Waals surface area contributed by atoms with E-state index in [4.69, 9.17) is 4.74 Å². The first kappa shape index (κ1) is 15.9. The zero-order valence-electron chi connectivity index (χ0n) is 12.8. The number of rotatable bonds is 5. The lowest BCUT2D eigenvalue weighted by Crippen LogP contribution is -2.31. The summed E-state index contributed by atoms with van der Waals surface area (Å²) in [5, 5.41) is 9.80. The predicted octanol–water partition coefficient (Wildman–Crippen LogP) is 2.88. The van der Waals surface area contributed by atoms with Gasteiger partial charge in [-0.15, -0.1) is 0 Å². The van der Waals surface area contributed by atoms with Crippen LogP contribution in [0.5, 0.6) is 5.75 Å². The molecule has 0 saturated heterocycles. The van der Waals surface area contributed by atoms with Gasteiger partial charge in [0.05, 0.1) is 12.7 Å². The monoisotopic (exact) mass is 298 g/mol. The lowest BCUT2D eigenvalue weighted by molar-refractivity contribution is 0.0487. The van der Waals surface area contributed by atoms with Crippen molar-refractivity contribution in [2.75, 3.05) is 7.11 Å². The Morgan fingerprint density at radius 1 is 1.00 bits per heavy atom. The largest absolute Gasteiger partial charge is 0.496 e. The molecule has 0 aliphatic rings. The second kappa shape index (κ2) is 6.12. The summed E-state index contributed by atoms with van der Waals surface area (Å²) in [6, 6.07) is 13.4. The second-order valence-electron chi connectivity index (χ2n) is 5.50. The van der Waals surface area contributed by atoms with Crippen molar-refractivity contribution >= 4 is 11.6 Å². The number of aliphatic hydroxyl groups is 1. The number of ketones is 2. The molecule has 0 spiro atoms. The Morgan fingerprint density at radius 2 is 1.64 bits per heavy atom. The van der Waals surface area contributed by atoms with Crippen molar-refractivity contribution in [2.24, 2.45) is 0 Å². The molecule has 0 unspecified atom stereocenters. The molecule has 0 aliphatic carbocycles. The standard InChI is InChI=1S/C18H18O4/c1-18(2,21)17(20)13-9-10-14(15(11-13)22-3)16(19)12-7-5-4-6-8-12/h4-11,21H,1-3H3.